The van der Waals surface area contributed by atoms with E-state index in [0.717, 1.165) is 10.9 Å². The number of hydrogen-bond donors (Lipinski definition) is 2. The molecule has 0 saturated carbocycles. The highest BCUT2D eigenvalue weighted by molar-refractivity contribution is 7.99. The minimum atomic E-state index is -0.456. The zero-order valence-electron chi connectivity index (χ0n) is 6.75. The van der Waals surface area contributed by atoms with E-state index in [1.807, 2.05) is 13.1 Å². The SMILES string of the molecule is Cc1c[nH]c(SCC(O)CCl)n1. The van der Waals surface area contributed by atoms with Crippen LogP contribution in [-0.2, 0) is 0 Å². The molecule has 0 bridgehead atoms. The zero-order chi connectivity index (χ0) is 8.97. The number of halogens is 1. The van der Waals surface area contributed by atoms with Crippen LogP contribution in [0.1, 0.15) is 5.69 Å². The molecule has 1 aromatic rings. The lowest BCUT2D eigenvalue weighted by atomic mass is 10.5. The first-order valence-corrected chi connectivity index (χ1v) is 5.13. The number of aromatic nitrogens is 2. The van der Waals surface area contributed by atoms with E-state index in [-0.39, 0.29) is 5.88 Å². The van der Waals surface area contributed by atoms with E-state index in [1.165, 1.54) is 11.8 Å². The van der Waals surface area contributed by atoms with Crippen LogP contribution in [-0.4, -0.2) is 32.8 Å². The van der Waals surface area contributed by atoms with Gasteiger partial charge in [-0.15, -0.1) is 11.6 Å². The lowest BCUT2D eigenvalue weighted by molar-refractivity contribution is 0.223. The Kier molecular flexibility index (Phi) is 3.91. The smallest absolute Gasteiger partial charge is 0.165 e. The predicted molar refractivity (Wildman–Crippen MR) is 50.8 cm³/mol. The Hall–Kier alpha value is -0.190. The average Bonchev–Trinajstić information content (AvgIpc) is 2.47. The molecular weight excluding hydrogens is 196 g/mol. The number of aromatic amines is 1. The maximum Gasteiger partial charge on any atom is 0.165 e. The molecule has 0 aliphatic carbocycles. The Labute approximate surface area is 80.5 Å². The monoisotopic (exact) mass is 206 g/mol. The van der Waals surface area contributed by atoms with Crippen LogP contribution in [0.2, 0.25) is 0 Å². The molecule has 1 atom stereocenters. The van der Waals surface area contributed by atoms with Crippen LogP contribution in [0.25, 0.3) is 0 Å². The van der Waals surface area contributed by atoms with Gasteiger partial charge in [0.1, 0.15) is 0 Å². The molecule has 68 valence electrons. The fraction of sp³-hybridized carbons (Fsp3) is 0.571. The summed E-state index contributed by atoms with van der Waals surface area (Å²) in [7, 11) is 0. The average molecular weight is 207 g/mol. The Bertz CT molecular complexity index is 241. The van der Waals surface area contributed by atoms with Crippen molar-refractivity contribution in [2.24, 2.45) is 0 Å². The van der Waals surface area contributed by atoms with Crippen LogP contribution >= 0.6 is 23.4 Å². The number of nitrogens with zero attached hydrogens (tertiary/aromatic N) is 1. The number of aryl methyl sites for hydroxylation is 1. The van der Waals surface area contributed by atoms with Crippen LogP contribution < -0.4 is 0 Å². The van der Waals surface area contributed by atoms with E-state index in [2.05, 4.69) is 9.97 Å². The third kappa shape index (κ3) is 3.05. The van der Waals surface area contributed by atoms with Gasteiger partial charge in [-0.05, 0) is 6.92 Å². The molecule has 0 aliphatic rings. The summed E-state index contributed by atoms with van der Waals surface area (Å²) in [6.45, 7) is 1.92. The second kappa shape index (κ2) is 4.74. The minimum absolute atomic E-state index is 0.271. The largest absolute Gasteiger partial charge is 0.391 e. The molecule has 1 unspecified atom stereocenters. The molecule has 0 spiro atoms. The quantitative estimate of drug-likeness (QED) is 0.579. The van der Waals surface area contributed by atoms with Crippen molar-refractivity contribution in [3.05, 3.63) is 11.9 Å². The molecule has 0 saturated heterocycles. The summed E-state index contributed by atoms with van der Waals surface area (Å²) < 4.78 is 0. The van der Waals surface area contributed by atoms with Gasteiger partial charge in [-0.1, -0.05) is 11.8 Å². The van der Waals surface area contributed by atoms with Crippen molar-refractivity contribution in [2.75, 3.05) is 11.6 Å². The molecule has 5 heteroatoms. The zero-order valence-corrected chi connectivity index (χ0v) is 8.32. The normalized spacial score (nSPS) is 13.2. The number of aliphatic hydroxyl groups is 1. The summed E-state index contributed by atoms with van der Waals surface area (Å²) in [6, 6.07) is 0. The van der Waals surface area contributed by atoms with Crippen molar-refractivity contribution in [2.45, 2.75) is 18.2 Å². The van der Waals surface area contributed by atoms with Gasteiger partial charge < -0.3 is 10.1 Å². The fourth-order valence-corrected chi connectivity index (χ4v) is 1.74. The molecule has 0 fully saturated rings. The first kappa shape index (κ1) is 9.89. The predicted octanol–water partition coefficient (Wildman–Crippen LogP) is 1.41. The maximum absolute atomic E-state index is 9.13. The second-order valence-corrected chi connectivity index (χ2v) is 3.78. The van der Waals surface area contributed by atoms with E-state index in [1.54, 1.807) is 0 Å². The Morgan fingerprint density at radius 2 is 2.58 bits per heavy atom. The highest BCUT2D eigenvalue weighted by Gasteiger charge is 2.04. The number of nitrogens with one attached hydrogen (secondary N) is 1. The van der Waals surface area contributed by atoms with Gasteiger partial charge >= 0.3 is 0 Å². The van der Waals surface area contributed by atoms with Crippen molar-refractivity contribution in [3.8, 4) is 0 Å². The molecular formula is C7H11ClN2OS. The summed E-state index contributed by atoms with van der Waals surface area (Å²) in [5, 5.41) is 9.96. The molecule has 3 nitrogen and oxygen atoms in total. The van der Waals surface area contributed by atoms with Gasteiger partial charge in [0.15, 0.2) is 5.16 Å². The topological polar surface area (TPSA) is 48.9 Å². The van der Waals surface area contributed by atoms with Gasteiger partial charge in [-0.3, -0.25) is 0 Å². The van der Waals surface area contributed by atoms with Crippen molar-refractivity contribution in [1.82, 2.24) is 9.97 Å². The lowest BCUT2D eigenvalue weighted by Crippen LogP contribution is -2.11. The van der Waals surface area contributed by atoms with Crippen molar-refractivity contribution >= 4 is 23.4 Å². The maximum atomic E-state index is 9.13. The Morgan fingerprint density at radius 3 is 3.08 bits per heavy atom. The number of hydrogen-bond acceptors (Lipinski definition) is 3. The van der Waals surface area contributed by atoms with Crippen LogP contribution in [0, 0.1) is 6.92 Å². The van der Waals surface area contributed by atoms with Gasteiger partial charge in [0.05, 0.1) is 11.8 Å². The van der Waals surface area contributed by atoms with Gasteiger partial charge in [-0.2, -0.15) is 0 Å². The van der Waals surface area contributed by atoms with Gasteiger partial charge in [0.2, 0.25) is 0 Å². The molecule has 1 rings (SSSR count). The number of imidazole rings is 1. The third-order valence-corrected chi connectivity index (χ3v) is 2.66. The van der Waals surface area contributed by atoms with Gasteiger partial charge in [0, 0.05) is 17.8 Å². The number of aliphatic hydroxyl groups excluding tert-OH is 1. The van der Waals surface area contributed by atoms with E-state index in [4.69, 9.17) is 16.7 Å². The lowest BCUT2D eigenvalue weighted by Gasteiger charge is -2.02. The van der Waals surface area contributed by atoms with Crippen LogP contribution in [0.4, 0.5) is 0 Å². The molecule has 1 heterocycles. The van der Waals surface area contributed by atoms with Gasteiger partial charge in [-0.25, -0.2) is 4.98 Å². The summed E-state index contributed by atoms with van der Waals surface area (Å²) in [4.78, 5) is 7.15. The number of rotatable bonds is 4. The molecule has 0 amide bonds. The molecule has 2 N–H and O–H groups in total. The molecule has 12 heavy (non-hydrogen) atoms. The van der Waals surface area contributed by atoms with E-state index >= 15 is 0 Å². The molecule has 0 aliphatic heterocycles. The van der Waals surface area contributed by atoms with Crippen LogP contribution in [0.5, 0.6) is 0 Å². The van der Waals surface area contributed by atoms with Crippen LogP contribution in [0.3, 0.4) is 0 Å². The summed E-state index contributed by atoms with van der Waals surface area (Å²) >= 11 is 6.90. The third-order valence-electron chi connectivity index (χ3n) is 1.27. The number of H-pyrrole nitrogens is 1. The van der Waals surface area contributed by atoms with E-state index in [9.17, 15) is 0 Å². The molecule has 0 aromatic carbocycles. The second-order valence-electron chi connectivity index (χ2n) is 2.47. The molecule has 1 aromatic heterocycles. The Balaban J connectivity index is 2.33. The van der Waals surface area contributed by atoms with Crippen LogP contribution in [0.15, 0.2) is 11.4 Å². The first-order valence-electron chi connectivity index (χ1n) is 3.61. The minimum Gasteiger partial charge on any atom is -0.391 e. The fourth-order valence-electron chi connectivity index (χ4n) is 0.685. The summed E-state index contributed by atoms with van der Waals surface area (Å²) in [5.74, 6) is 0.850. The van der Waals surface area contributed by atoms with Crippen molar-refractivity contribution in [1.29, 1.82) is 0 Å². The first-order chi connectivity index (χ1) is 5.72. The van der Waals surface area contributed by atoms with Gasteiger partial charge in [0.25, 0.3) is 0 Å². The van der Waals surface area contributed by atoms with E-state index < -0.39 is 6.10 Å². The number of thioether (sulfide) groups is 1. The standard InChI is InChI=1S/C7H11ClN2OS/c1-5-3-9-7(10-5)12-4-6(11)2-8/h3,6,11H,2,4H2,1H3,(H,9,10). The summed E-state index contributed by atoms with van der Waals surface area (Å²) in [5.41, 5.74) is 0.956. The summed E-state index contributed by atoms with van der Waals surface area (Å²) in [6.07, 6.45) is 1.37. The Morgan fingerprint density at radius 1 is 1.83 bits per heavy atom. The number of alkyl halides is 1. The highest BCUT2D eigenvalue weighted by atomic mass is 35.5. The molecule has 0 radical (unpaired) electrons. The van der Waals surface area contributed by atoms with E-state index in [0.29, 0.717) is 5.75 Å². The highest BCUT2D eigenvalue weighted by Crippen LogP contribution is 2.14. The van der Waals surface area contributed by atoms with Crippen molar-refractivity contribution in [3.63, 3.8) is 0 Å². The van der Waals surface area contributed by atoms with Crippen molar-refractivity contribution < 1.29 is 5.11 Å².